The molecule has 0 bridgehead atoms. The minimum atomic E-state index is -0.612. The van der Waals surface area contributed by atoms with Crippen molar-refractivity contribution in [3.63, 3.8) is 0 Å². The Kier molecular flexibility index (Phi) is 5.81. The molecule has 26 heavy (non-hydrogen) atoms. The largest absolute Gasteiger partial charge is 0.493 e. The molecule has 0 saturated carbocycles. The van der Waals surface area contributed by atoms with Crippen molar-refractivity contribution in [3.05, 3.63) is 44.8 Å². The van der Waals surface area contributed by atoms with E-state index in [1.165, 1.54) is 24.1 Å². The van der Waals surface area contributed by atoms with Gasteiger partial charge in [-0.2, -0.15) is 0 Å². The van der Waals surface area contributed by atoms with Crippen molar-refractivity contribution < 1.29 is 23.7 Å². The molecule has 0 radical (unpaired) electrons. The number of aryl methyl sites for hydroxylation is 2. The fourth-order valence-electron chi connectivity index (χ4n) is 2.54. The zero-order valence-corrected chi connectivity index (χ0v) is 15.4. The topological polar surface area (TPSA) is 108 Å². The van der Waals surface area contributed by atoms with Crippen LogP contribution in [0.15, 0.2) is 16.7 Å². The summed E-state index contributed by atoms with van der Waals surface area (Å²) in [5.41, 5.74) is 1.01. The van der Waals surface area contributed by atoms with Crippen LogP contribution in [-0.2, 0) is 6.54 Å². The lowest BCUT2D eigenvalue weighted by Crippen LogP contribution is -2.27. The molecule has 0 aliphatic carbocycles. The molecule has 0 unspecified atom stereocenters. The molecule has 1 aromatic heterocycles. The van der Waals surface area contributed by atoms with Gasteiger partial charge in [-0.3, -0.25) is 14.9 Å². The van der Waals surface area contributed by atoms with Crippen LogP contribution >= 0.6 is 0 Å². The van der Waals surface area contributed by atoms with Crippen molar-refractivity contribution >= 4 is 11.6 Å². The maximum atomic E-state index is 12.8. The number of benzene rings is 1. The monoisotopic (exact) mass is 363 g/mol. The van der Waals surface area contributed by atoms with E-state index in [9.17, 15) is 14.9 Å². The average molecular weight is 363 g/mol. The van der Waals surface area contributed by atoms with Gasteiger partial charge in [-0.05, 0) is 20.8 Å². The summed E-state index contributed by atoms with van der Waals surface area (Å²) in [6.45, 7) is 5.80. The highest BCUT2D eigenvalue weighted by Gasteiger charge is 2.27. The van der Waals surface area contributed by atoms with Crippen molar-refractivity contribution in [2.75, 3.05) is 20.8 Å². The lowest BCUT2D eigenvalue weighted by molar-refractivity contribution is -0.385. The number of methoxy groups -OCH3 is 1. The van der Waals surface area contributed by atoms with Gasteiger partial charge in [-0.1, -0.05) is 5.16 Å². The molecule has 0 aliphatic rings. The maximum Gasteiger partial charge on any atom is 0.286 e. The van der Waals surface area contributed by atoms with Crippen molar-refractivity contribution in [1.29, 1.82) is 0 Å². The lowest BCUT2D eigenvalue weighted by atomic mass is 10.1. The van der Waals surface area contributed by atoms with Crippen LogP contribution in [0.4, 0.5) is 5.69 Å². The second kappa shape index (κ2) is 7.85. The summed E-state index contributed by atoms with van der Waals surface area (Å²) in [6, 6.07) is 2.54. The second-order valence-corrected chi connectivity index (χ2v) is 5.67. The lowest BCUT2D eigenvalue weighted by Gasteiger charge is -2.18. The summed E-state index contributed by atoms with van der Waals surface area (Å²) >= 11 is 0. The third-order valence-electron chi connectivity index (χ3n) is 3.93. The Morgan fingerprint density at radius 2 is 2.04 bits per heavy atom. The molecular weight excluding hydrogens is 342 g/mol. The van der Waals surface area contributed by atoms with E-state index in [1.807, 2.05) is 0 Å². The smallest absolute Gasteiger partial charge is 0.286 e. The van der Waals surface area contributed by atoms with E-state index in [0.717, 1.165) is 5.56 Å². The van der Waals surface area contributed by atoms with Crippen LogP contribution in [0.2, 0.25) is 0 Å². The fourth-order valence-corrected chi connectivity index (χ4v) is 2.54. The molecule has 1 heterocycles. The van der Waals surface area contributed by atoms with Gasteiger partial charge in [0.15, 0.2) is 11.5 Å². The van der Waals surface area contributed by atoms with Crippen LogP contribution in [0.25, 0.3) is 0 Å². The zero-order valence-electron chi connectivity index (χ0n) is 15.4. The molecule has 2 rings (SSSR count). The van der Waals surface area contributed by atoms with Gasteiger partial charge in [0.05, 0.1) is 36.9 Å². The third-order valence-corrected chi connectivity index (χ3v) is 3.93. The maximum absolute atomic E-state index is 12.8. The number of hydrogen-bond acceptors (Lipinski definition) is 7. The van der Waals surface area contributed by atoms with Crippen molar-refractivity contribution in [2.24, 2.45) is 0 Å². The number of ether oxygens (including phenoxy) is 2. The normalized spacial score (nSPS) is 10.5. The molecule has 0 N–H and O–H groups in total. The summed E-state index contributed by atoms with van der Waals surface area (Å²) < 4.78 is 15.6. The minimum Gasteiger partial charge on any atom is -0.493 e. The fraction of sp³-hybridized carbons (Fsp3) is 0.412. The number of nitrogens with zero attached hydrogens (tertiary/aromatic N) is 3. The zero-order chi connectivity index (χ0) is 19.4. The van der Waals surface area contributed by atoms with E-state index >= 15 is 0 Å². The quantitative estimate of drug-likeness (QED) is 0.550. The van der Waals surface area contributed by atoms with Crippen LogP contribution in [0.1, 0.15) is 34.3 Å². The van der Waals surface area contributed by atoms with Crippen LogP contribution < -0.4 is 9.47 Å². The molecule has 9 heteroatoms. The number of nitro groups is 1. The SMILES string of the molecule is CCOc1cc([N+](=O)[O-])c(C(=O)N(C)Cc2c(C)noc2C)cc1OC. The molecule has 9 nitrogen and oxygen atoms in total. The van der Waals surface area contributed by atoms with Gasteiger partial charge in [0.2, 0.25) is 0 Å². The van der Waals surface area contributed by atoms with Gasteiger partial charge in [0.1, 0.15) is 11.3 Å². The third kappa shape index (κ3) is 3.76. The molecule has 0 spiro atoms. The highest BCUT2D eigenvalue weighted by Crippen LogP contribution is 2.35. The highest BCUT2D eigenvalue weighted by atomic mass is 16.6. The first-order valence-corrected chi connectivity index (χ1v) is 7.96. The molecule has 0 saturated heterocycles. The Balaban J connectivity index is 2.41. The van der Waals surface area contributed by atoms with Gasteiger partial charge in [-0.25, -0.2) is 0 Å². The summed E-state index contributed by atoms with van der Waals surface area (Å²) in [5.74, 6) is 0.553. The van der Waals surface area contributed by atoms with Crippen molar-refractivity contribution in [1.82, 2.24) is 10.1 Å². The van der Waals surface area contributed by atoms with Gasteiger partial charge in [0.25, 0.3) is 11.6 Å². The molecule has 1 amide bonds. The molecular formula is C17H21N3O6. The van der Waals surface area contributed by atoms with Gasteiger partial charge in [0, 0.05) is 18.7 Å². The summed E-state index contributed by atoms with van der Waals surface area (Å²) in [4.78, 5) is 25.0. The Hall–Kier alpha value is -3.10. The summed E-state index contributed by atoms with van der Waals surface area (Å²) in [7, 11) is 2.96. The highest BCUT2D eigenvalue weighted by molar-refractivity contribution is 5.99. The van der Waals surface area contributed by atoms with Gasteiger partial charge < -0.3 is 18.9 Å². The van der Waals surface area contributed by atoms with Crippen LogP contribution in [0.3, 0.4) is 0 Å². The predicted molar refractivity (Wildman–Crippen MR) is 92.6 cm³/mol. The molecule has 140 valence electrons. The predicted octanol–water partition coefficient (Wildman–Crippen LogP) is 2.88. The number of nitro benzene ring substituents is 1. The first-order chi connectivity index (χ1) is 12.3. The van der Waals surface area contributed by atoms with Gasteiger partial charge >= 0.3 is 0 Å². The Morgan fingerprint density at radius 1 is 1.35 bits per heavy atom. The number of carbonyl (C=O) groups excluding carboxylic acids is 1. The Morgan fingerprint density at radius 3 is 2.54 bits per heavy atom. The molecule has 0 fully saturated rings. The van der Waals surface area contributed by atoms with Crippen LogP contribution in [0.5, 0.6) is 11.5 Å². The van der Waals surface area contributed by atoms with E-state index in [0.29, 0.717) is 18.1 Å². The number of carbonyl (C=O) groups is 1. The molecule has 0 aliphatic heterocycles. The standard InChI is InChI=1S/C17H21N3O6/c1-6-25-16-8-14(20(22)23)12(7-15(16)24-5)17(21)19(4)9-13-10(2)18-26-11(13)3/h7-8H,6,9H2,1-5H3. The summed E-state index contributed by atoms with van der Waals surface area (Å²) in [5, 5.41) is 15.3. The summed E-state index contributed by atoms with van der Waals surface area (Å²) in [6.07, 6.45) is 0. The van der Waals surface area contributed by atoms with E-state index in [2.05, 4.69) is 5.16 Å². The number of rotatable bonds is 7. The van der Waals surface area contributed by atoms with E-state index < -0.39 is 10.8 Å². The number of hydrogen-bond donors (Lipinski definition) is 0. The Bertz CT molecular complexity index is 811. The van der Waals surface area contributed by atoms with Crippen molar-refractivity contribution in [3.8, 4) is 11.5 Å². The average Bonchev–Trinajstić information content (AvgIpc) is 2.92. The first kappa shape index (κ1) is 19.2. The molecule has 1 aromatic carbocycles. The van der Waals surface area contributed by atoms with E-state index in [-0.39, 0.29) is 29.3 Å². The van der Waals surface area contributed by atoms with E-state index in [4.69, 9.17) is 14.0 Å². The van der Waals surface area contributed by atoms with E-state index in [1.54, 1.807) is 27.8 Å². The minimum absolute atomic E-state index is 0.0791. The Labute approximate surface area is 150 Å². The molecule has 0 atom stereocenters. The van der Waals surface area contributed by atoms with Crippen LogP contribution in [-0.4, -0.2) is 41.7 Å². The van der Waals surface area contributed by atoms with Gasteiger partial charge in [-0.15, -0.1) is 0 Å². The van der Waals surface area contributed by atoms with Crippen molar-refractivity contribution in [2.45, 2.75) is 27.3 Å². The van der Waals surface area contributed by atoms with Crippen LogP contribution in [0, 0.1) is 24.0 Å². The number of aromatic nitrogens is 1. The number of amides is 1. The molecule has 2 aromatic rings. The first-order valence-electron chi connectivity index (χ1n) is 7.96. The second-order valence-electron chi connectivity index (χ2n) is 5.67.